The molecule has 3 amide bonds. The summed E-state index contributed by atoms with van der Waals surface area (Å²) >= 11 is 0. The van der Waals surface area contributed by atoms with E-state index in [0.29, 0.717) is 0 Å². The predicted molar refractivity (Wildman–Crippen MR) is 58.1 cm³/mol. The Kier molecular flexibility index (Phi) is 5.97. The van der Waals surface area contributed by atoms with Crippen molar-refractivity contribution in [3.63, 3.8) is 0 Å². The van der Waals surface area contributed by atoms with Crippen LogP contribution in [0, 0.1) is 0 Å². The molecule has 0 aliphatic carbocycles. The van der Waals surface area contributed by atoms with Crippen LogP contribution in [0.5, 0.6) is 0 Å². The number of primary amides is 1. The third-order valence-electron chi connectivity index (χ3n) is 1.82. The van der Waals surface area contributed by atoms with Crippen LogP contribution >= 0.6 is 0 Å². The lowest BCUT2D eigenvalue weighted by Crippen LogP contribution is -2.46. The van der Waals surface area contributed by atoms with Crippen molar-refractivity contribution in [1.82, 2.24) is 10.6 Å². The number of nitrogens with one attached hydrogen (secondary N) is 2. The molecule has 1 unspecified atom stereocenters. The van der Waals surface area contributed by atoms with Crippen molar-refractivity contribution in [3.8, 4) is 0 Å². The van der Waals surface area contributed by atoms with Gasteiger partial charge in [-0.05, 0) is 6.92 Å². The van der Waals surface area contributed by atoms with Crippen LogP contribution in [0.15, 0.2) is 0 Å². The van der Waals surface area contributed by atoms with E-state index in [1.807, 2.05) is 0 Å². The van der Waals surface area contributed by atoms with Gasteiger partial charge in [0.2, 0.25) is 5.91 Å². The smallest absolute Gasteiger partial charge is 0.314 e. The molecule has 0 saturated heterocycles. The molecule has 0 rings (SSSR count). The molecule has 17 heavy (non-hydrogen) atoms. The van der Waals surface area contributed by atoms with Gasteiger partial charge in [0.15, 0.2) is 0 Å². The lowest BCUT2D eigenvalue weighted by molar-refractivity contribution is -0.141. The first-order valence-electron chi connectivity index (χ1n) is 4.97. The molecule has 0 fully saturated rings. The molecule has 8 heteroatoms. The molecule has 0 aliphatic rings. The summed E-state index contributed by atoms with van der Waals surface area (Å²) in [6.45, 7) is 1.18. The van der Waals surface area contributed by atoms with Gasteiger partial charge in [0, 0.05) is 19.5 Å². The van der Waals surface area contributed by atoms with E-state index >= 15 is 0 Å². The predicted octanol–water partition coefficient (Wildman–Crippen LogP) is -1.61. The first-order chi connectivity index (χ1) is 7.73. The van der Waals surface area contributed by atoms with Gasteiger partial charge in [-0.1, -0.05) is 0 Å². The molecule has 6 N–H and O–H groups in total. The number of hydrogen-bond acceptors (Lipinski definition) is 4. The number of hydrogen-bond donors (Lipinski definition) is 5. The first kappa shape index (κ1) is 15.2. The Labute approximate surface area is 98.2 Å². The van der Waals surface area contributed by atoms with Crippen LogP contribution in [-0.2, 0) is 9.59 Å². The molecule has 0 radical (unpaired) electrons. The van der Waals surface area contributed by atoms with E-state index in [-0.39, 0.29) is 19.5 Å². The normalized spacial score (nSPS) is 13.5. The van der Waals surface area contributed by atoms with Crippen LogP contribution < -0.4 is 16.4 Å². The van der Waals surface area contributed by atoms with Crippen LogP contribution in [0.2, 0.25) is 0 Å². The fourth-order valence-electron chi connectivity index (χ4n) is 1.02. The fraction of sp³-hybridized carbons (Fsp3) is 0.667. The highest BCUT2D eigenvalue weighted by molar-refractivity contribution is 5.77. The molecule has 0 aromatic rings. The zero-order valence-electron chi connectivity index (χ0n) is 9.52. The van der Waals surface area contributed by atoms with E-state index in [1.165, 1.54) is 6.92 Å². The van der Waals surface area contributed by atoms with Crippen LogP contribution in [0.4, 0.5) is 4.79 Å². The van der Waals surface area contributed by atoms with Crippen LogP contribution in [0.1, 0.15) is 19.8 Å². The molecule has 0 aromatic heterocycles. The summed E-state index contributed by atoms with van der Waals surface area (Å²) in [6.07, 6.45) is -0.465. The zero-order chi connectivity index (χ0) is 13.5. The van der Waals surface area contributed by atoms with Gasteiger partial charge in [0.05, 0.1) is 12.0 Å². The highest BCUT2D eigenvalue weighted by Gasteiger charge is 2.24. The Bertz CT molecular complexity index is 303. The van der Waals surface area contributed by atoms with Gasteiger partial charge in [0.1, 0.15) is 0 Å². The minimum Gasteiger partial charge on any atom is -0.481 e. The van der Waals surface area contributed by atoms with Gasteiger partial charge in [-0.3, -0.25) is 9.59 Å². The van der Waals surface area contributed by atoms with E-state index in [9.17, 15) is 19.5 Å². The summed E-state index contributed by atoms with van der Waals surface area (Å²) in [5.41, 5.74) is 3.34. The first-order valence-corrected chi connectivity index (χ1v) is 4.97. The number of aliphatic carboxylic acids is 1. The molecule has 0 bridgehead atoms. The van der Waals surface area contributed by atoms with Crippen molar-refractivity contribution in [1.29, 1.82) is 0 Å². The molecule has 0 spiro atoms. The third-order valence-corrected chi connectivity index (χ3v) is 1.82. The summed E-state index contributed by atoms with van der Waals surface area (Å²) in [5, 5.41) is 22.6. The van der Waals surface area contributed by atoms with Gasteiger partial charge in [-0.15, -0.1) is 0 Å². The SMILES string of the molecule is CC(O)(CNC(=O)NCCC(N)=O)CC(=O)O. The highest BCUT2D eigenvalue weighted by atomic mass is 16.4. The third kappa shape index (κ3) is 9.12. The molecule has 0 aliphatic heterocycles. The molecular formula is C9H17N3O5. The van der Waals surface area contributed by atoms with E-state index in [2.05, 4.69) is 10.6 Å². The van der Waals surface area contributed by atoms with E-state index in [4.69, 9.17) is 10.8 Å². The topological polar surface area (TPSA) is 142 Å². The maximum absolute atomic E-state index is 11.1. The summed E-state index contributed by atoms with van der Waals surface area (Å²) in [7, 11) is 0. The van der Waals surface area contributed by atoms with Gasteiger partial charge in [-0.2, -0.15) is 0 Å². The molecular weight excluding hydrogens is 230 g/mol. The maximum Gasteiger partial charge on any atom is 0.314 e. The van der Waals surface area contributed by atoms with E-state index in [0.717, 1.165) is 0 Å². The summed E-state index contributed by atoms with van der Waals surface area (Å²) in [6, 6.07) is -0.600. The molecule has 0 saturated carbocycles. The number of urea groups is 1. The molecule has 0 heterocycles. The number of rotatable bonds is 7. The van der Waals surface area contributed by atoms with Gasteiger partial charge in [-0.25, -0.2) is 4.79 Å². The van der Waals surface area contributed by atoms with Crippen molar-refractivity contribution in [2.24, 2.45) is 5.73 Å². The molecule has 0 aromatic carbocycles. The quantitative estimate of drug-likeness (QED) is 0.368. The van der Waals surface area contributed by atoms with E-state index in [1.54, 1.807) is 0 Å². The van der Waals surface area contributed by atoms with Crippen molar-refractivity contribution in [2.75, 3.05) is 13.1 Å². The number of aliphatic hydroxyl groups is 1. The lowest BCUT2D eigenvalue weighted by atomic mass is 10.0. The van der Waals surface area contributed by atoms with Gasteiger partial charge < -0.3 is 26.6 Å². The minimum atomic E-state index is -1.52. The van der Waals surface area contributed by atoms with Crippen LogP contribution in [0.3, 0.4) is 0 Å². The molecule has 98 valence electrons. The number of carbonyl (C=O) groups excluding carboxylic acids is 2. The van der Waals surface area contributed by atoms with Gasteiger partial charge in [0.25, 0.3) is 0 Å². The second-order valence-electron chi connectivity index (χ2n) is 3.89. The average Bonchev–Trinajstić information content (AvgIpc) is 2.12. The van der Waals surface area contributed by atoms with Crippen molar-refractivity contribution >= 4 is 17.9 Å². The Balaban J connectivity index is 3.82. The number of carboxylic acid groups (broad SMARTS) is 1. The number of carboxylic acids is 1. The number of carbonyl (C=O) groups is 3. The average molecular weight is 247 g/mol. The summed E-state index contributed by atoms with van der Waals surface area (Å²) < 4.78 is 0. The lowest BCUT2D eigenvalue weighted by Gasteiger charge is -2.21. The second kappa shape index (κ2) is 6.69. The summed E-state index contributed by atoms with van der Waals surface area (Å²) in [4.78, 5) is 31.9. The maximum atomic E-state index is 11.1. The van der Waals surface area contributed by atoms with Crippen LogP contribution in [0.25, 0.3) is 0 Å². The number of amides is 3. The second-order valence-corrected chi connectivity index (χ2v) is 3.89. The molecule has 1 atom stereocenters. The van der Waals surface area contributed by atoms with E-state index < -0.39 is 29.9 Å². The Morgan fingerprint density at radius 3 is 2.35 bits per heavy atom. The minimum absolute atomic E-state index is 0.0128. The fourth-order valence-corrected chi connectivity index (χ4v) is 1.02. The monoisotopic (exact) mass is 247 g/mol. The van der Waals surface area contributed by atoms with Crippen LogP contribution in [-0.4, -0.2) is 46.8 Å². The Morgan fingerprint density at radius 2 is 1.88 bits per heavy atom. The van der Waals surface area contributed by atoms with Crippen molar-refractivity contribution in [2.45, 2.75) is 25.4 Å². The Hall–Kier alpha value is -1.83. The highest BCUT2D eigenvalue weighted by Crippen LogP contribution is 2.06. The summed E-state index contributed by atoms with van der Waals surface area (Å²) in [5.74, 6) is -1.70. The largest absolute Gasteiger partial charge is 0.481 e. The Morgan fingerprint density at radius 1 is 1.29 bits per heavy atom. The van der Waals surface area contributed by atoms with Crippen molar-refractivity contribution in [3.05, 3.63) is 0 Å². The van der Waals surface area contributed by atoms with Gasteiger partial charge >= 0.3 is 12.0 Å². The zero-order valence-corrected chi connectivity index (χ0v) is 9.52. The molecule has 8 nitrogen and oxygen atoms in total. The number of nitrogens with two attached hydrogens (primary N) is 1. The van der Waals surface area contributed by atoms with Crippen molar-refractivity contribution < 1.29 is 24.6 Å². The standard InChI is InChI=1S/C9H17N3O5/c1-9(17,4-7(14)15)5-12-8(16)11-3-2-6(10)13/h17H,2-5H2,1H3,(H2,10,13)(H,14,15)(H2,11,12,16).